The van der Waals surface area contributed by atoms with E-state index in [4.69, 9.17) is 4.74 Å². The first-order valence-electron chi connectivity index (χ1n) is 9.58. The Hall–Kier alpha value is -3.22. The van der Waals surface area contributed by atoms with Crippen LogP contribution in [0.3, 0.4) is 0 Å². The summed E-state index contributed by atoms with van der Waals surface area (Å²) >= 11 is 0. The monoisotopic (exact) mass is 397 g/mol. The fraction of sp³-hybridized carbons (Fsp3) is 0.318. The molecule has 152 valence electrons. The third-order valence-electron chi connectivity index (χ3n) is 4.74. The lowest BCUT2D eigenvalue weighted by atomic mass is 10.1. The fourth-order valence-corrected chi connectivity index (χ4v) is 3.15. The number of nitrogens with one attached hydrogen (secondary N) is 1. The van der Waals surface area contributed by atoms with Crippen molar-refractivity contribution in [3.8, 4) is 0 Å². The van der Waals surface area contributed by atoms with Gasteiger partial charge in [0.2, 0.25) is 0 Å². The second-order valence-corrected chi connectivity index (χ2v) is 6.87. The molecule has 2 atom stereocenters. The van der Waals surface area contributed by atoms with E-state index in [1.165, 1.54) is 19.1 Å². The maximum absolute atomic E-state index is 13.0. The number of carbonyl (C=O) groups is 2. The van der Waals surface area contributed by atoms with Crippen LogP contribution in [-0.2, 0) is 27.3 Å². The van der Waals surface area contributed by atoms with Gasteiger partial charge in [-0.2, -0.15) is 0 Å². The molecule has 3 aromatic rings. The number of aryl methyl sites for hydroxylation is 1. The van der Waals surface area contributed by atoms with Gasteiger partial charge in [0.1, 0.15) is 18.2 Å². The number of carbonyl (C=O) groups excluding carboxylic acids is 2. The van der Waals surface area contributed by atoms with E-state index in [1.54, 1.807) is 19.1 Å². The predicted octanol–water partition coefficient (Wildman–Crippen LogP) is 3.55. The van der Waals surface area contributed by atoms with Crippen molar-refractivity contribution in [3.05, 3.63) is 65.7 Å². The SMILES string of the molecule is CCc1nc2ccccc2n1CC(=O)OC(C)C(=O)NC(C)c1ccc(F)cc1. The van der Waals surface area contributed by atoms with Gasteiger partial charge < -0.3 is 14.6 Å². The number of aromatic nitrogens is 2. The summed E-state index contributed by atoms with van der Waals surface area (Å²) in [6, 6.07) is 13.1. The van der Waals surface area contributed by atoms with E-state index < -0.39 is 18.0 Å². The molecule has 0 aliphatic carbocycles. The molecule has 6 nitrogen and oxygen atoms in total. The Labute approximate surface area is 168 Å². The number of nitrogens with zero attached hydrogens (tertiary/aromatic N) is 2. The van der Waals surface area contributed by atoms with Crippen molar-refractivity contribution in [3.63, 3.8) is 0 Å². The Bertz CT molecular complexity index is 1010. The highest BCUT2D eigenvalue weighted by molar-refractivity contribution is 5.84. The Morgan fingerprint density at radius 3 is 2.52 bits per heavy atom. The molecule has 29 heavy (non-hydrogen) atoms. The van der Waals surface area contributed by atoms with Crippen molar-refractivity contribution in [2.75, 3.05) is 0 Å². The number of ether oxygens (including phenoxy) is 1. The minimum atomic E-state index is -0.953. The standard InChI is InChI=1S/C22H24FN3O3/c1-4-20-25-18-7-5-6-8-19(18)26(20)13-21(27)29-15(3)22(28)24-14(2)16-9-11-17(23)12-10-16/h5-12,14-15H,4,13H2,1-3H3,(H,24,28). The molecule has 0 aliphatic heterocycles. The number of amides is 1. The molecular formula is C22H24FN3O3. The Morgan fingerprint density at radius 1 is 1.14 bits per heavy atom. The number of para-hydroxylation sites is 2. The van der Waals surface area contributed by atoms with Crippen molar-refractivity contribution in [1.29, 1.82) is 0 Å². The molecule has 2 aromatic carbocycles. The first-order chi connectivity index (χ1) is 13.9. The number of halogens is 1. The molecule has 1 N–H and O–H groups in total. The largest absolute Gasteiger partial charge is 0.451 e. The molecule has 0 radical (unpaired) electrons. The summed E-state index contributed by atoms with van der Waals surface area (Å²) in [6.07, 6.45) is -0.280. The minimum absolute atomic E-state index is 0.0190. The molecule has 0 saturated heterocycles. The van der Waals surface area contributed by atoms with E-state index in [9.17, 15) is 14.0 Å². The zero-order chi connectivity index (χ0) is 21.0. The van der Waals surface area contributed by atoms with Crippen LogP contribution in [0.1, 0.15) is 38.2 Å². The summed E-state index contributed by atoms with van der Waals surface area (Å²) in [5, 5.41) is 2.77. The van der Waals surface area contributed by atoms with Crippen molar-refractivity contribution in [2.24, 2.45) is 0 Å². The highest BCUT2D eigenvalue weighted by Crippen LogP contribution is 2.17. The van der Waals surface area contributed by atoms with Gasteiger partial charge >= 0.3 is 5.97 Å². The zero-order valence-corrected chi connectivity index (χ0v) is 16.7. The van der Waals surface area contributed by atoms with Crippen molar-refractivity contribution in [2.45, 2.75) is 45.9 Å². The average molecular weight is 397 g/mol. The van der Waals surface area contributed by atoms with Gasteiger partial charge in [0.05, 0.1) is 17.1 Å². The molecule has 1 aromatic heterocycles. The van der Waals surface area contributed by atoms with Crippen LogP contribution in [0, 0.1) is 5.82 Å². The number of imidazole rings is 1. The Kier molecular flexibility index (Phi) is 6.26. The van der Waals surface area contributed by atoms with Crippen LogP contribution in [0.2, 0.25) is 0 Å². The van der Waals surface area contributed by atoms with E-state index >= 15 is 0 Å². The summed E-state index contributed by atoms with van der Waals surface area (Å²) in [5.41, 5.74) is 2.43. The van der Waals surface area contributed by atoms with Crippen LogP contribution >= 0.6 is 0 Å². The lowest BCUT2D eigenvalue weighted by molar-refractivity contribution is -0.155. The number of fused-ring (bicyclic) bond motifs is 1. The maximum atomic E-state index is 13.0. The molecule has 7 heteroatoms. The summed E-state index contributed by atoms with van der Waals surface area (Å²) in [4.78, 5) is 29.4. The van der Waals surface area contributed by atoms with E-state index in [-0.39, 0.29) is 18.4 Å². The molecule has 0 bridgehead atoms. The fourth-order valence-electron chi connectivity index (χ4n) is 3.15. The number of esters is 1. The van der Waals surface area contributed by atoms with Crippen molar-refractivity contribution in [1.82, 2.24) is 14.9 Å². The first-order valence-corrected chi connectivity index (χ1v) is 9.58. The van der Waals surface area contributed by atoms with Gasteiger partial charge in [-0.05, 0) is 43.7 Å². The van der Waals surface area contributed by atoms with E-state index in [2.05, 4.69) is 10.3 Å². The zero-order valence-electron chi connectivity index (χ0n) is 16.7. The summed E-state index contributed by atoms with van der Waals surface area (Å²) < 4.78 is 20.2. The third kappa shape index (κ3) is 4.80. The van der Waals surface area contributed by atoms with Crippen molar-refractivity contribution < 1.29 is 18.7 Å². The molecule has 2 unspecified atom stereocenters. The van der Waals surface area contributed by atoms with Gasteiger partial charge in [0, 0.05) is 6.42 Å². The van der Waals surface area contributed by atoms with E-state index in [0.29, 0.717) is 6.42 Å². The van der Waals surface area contributed by atoms with Gasteiger partial charge in [-0.3, -0.25) is 9.59 Å². The predicted molar refractivity (Wildman–Crippen MR) is 108 cm³/mol. The third-order valence-corrected chi connectivity index (χ3v) is 4.74. The average Bonchev–Trinajstić information content (AvgIpc) is 3.05. The molecule has 1 heterocycles. The topological polar surface area (TPSA) is 73.2 Å². The van der Waals surface area contributed by atoms with Gasteiger partial charge in [-0.15, -0.1) is 0 Å². The van der Waals surface area contributed by atoms with Gasteiger partial charge in [0.25, 0.3) is 5.91 Å². The second kappa shape index (κ2) is 8.86. The van der Waals surface area contributed by atoms with Crippen LogP contribution in [0.5, 0.6) is 0 Å². The summed E-state index contributed by atoms with van der Waals surface area (Å²) in [7, 11) is 0. The van der Waals surface area contributed by atoms with E-state index in [0.717, 1.165) is 22.4 Å². The summed E-state index contributed by atoms with van der Waals surface area (Å²) in [6.45, 7) is 5.26. The lowest BCUT2D eigenvalue weighted by Crippen LogP contribution is -2.37. The van der Waals surface area contributed by atoms with E-state index in [1.807, 2.05) is 35.8 Å². The highest BCUT2D eigenvalue weighted by Gasteiger charge is 2.21. The molecule has 0 spiro atoms. The molecule has 1 amide bonds. The molecular weight excluding hydrogens is 373 g/mol. The normalized spacial score (nSPS) is 13.1. The Balaban J connectivity index is 1.61. The minimum Gasteiger partial charge on any atom is -0.451 e. The second-order valence-electron chi connectivity index (χ2n) is 6.87. The molecule has 0 saturated carbocycles. The van der Waals surface area contributed by atoms with Crippen LogP contribution in [0.25, 0.3) is 11.0 Å². The lowest BCUT2D eigenvalue weighted by Gasteiger charge is -2.18. The van der Waals surface area contributed by atoms with Gasteiger partial charge in [0.15, 0.2) is 6.10 Å². The van der Waals surface area contributed by atoms with Crippen molar-refractivity contribution >= 4 is 22.9 Å². The van der Waals surface area contributed by atoms with Crippen LogP contribution in [-0.4, -0.2) is 27.5 Å². The van der Waals surface area contributed by atoms with Crippen LogP contribution in [0.15, 0.2) is 48.5 Å². The Morgan fingerprint density at radius 2 is 1.83 bits per heavy atom. The smallest absolute Gasteiger partial charge is 0.326 e. The number of hydrogen-bond acceptors (Lipinski definition) is 4. The molecule has 3 rings (SSSR count). The quantitative estimate of drug-likeness (QED) is 0.619. The highest BCUT2D eigenvalue weighted by atomic mass is 19.1. The number of benzene rings is 2. The maximum Gasteiger partial charge on any atom is 0.326 e. The number of rotatable bonds is 7. The van der Waals surface area contributed by atoms with Gasteiger partial charge in [-0.25, -0.2) is 9.37 Å². The molecule has 0 aliphatic rings. The first kappa shape index (κ1) is 20.5. The van der Waals surface area contributed by atoms with Crippen LogP contribution < -0.4 is 5.32 Å². The summed E-state index contributed by atoms with van der Waals surface area (Å²) in [5.74, 6) is -0.487. The van der Waals surface area contributed by atoms with Gasteiger partial charge in [-0.1, -0.05) is 31.2 Å². The van der Waals surface area contributed by atoms with Crippen LogP contribution in [0.4, 0.5) is 4.39 Å². The number of hydrogen-bond donors (Lipinski definition) is 1. The molecule has 0 fully saturated rings.